The summed E-state index contributed by atoms with van der Waals surface area (Å²) in [4.78, 5) is 0. The molecule has 2 heteroatoms. The minimum Gasteiger partial charge on any atom is -0.393 e. The number of allylic oxidation sites excluding steroid dienone is 3. The SMILES string of the molecule is C[C@H]1C=C[C@@H](CC#N)C=C2CC(O)C[C@H]21. The summed E-state index contributed by atoms with van der Waals surface area (Å²) in [6, 6.07) is 2.21. The van der Waals surface area contributed by atoms with Crippen molar-refractivity contribution in [1.82, 2.24) is 0 Å². The minimum absolute atomic E-state index is 0.169. The first-order chi connectivity index (χ1) is 7.20. The molecule has 15 heavy (non-hydrogen) atoms. The van der Waals surface area contributed by atoms with Crippen molar-refractivity contribution in [3.8, 4) is 6.07 Å². The fourth-order valence-electron chi connectivity index (χ4n) is 2.71. The Morgan fingerprint density at radius 1 is 1.53 bits per heavy atom. The zero-order valence-electron chi connectivity index (χ0n) is 9.06. The number of nitriles is 1. The smallest absolute Gasteiger partial charge is 0.0631 e. The van der Waals surface area contributed by atoms with Crippen LogP contribution < -0.4 is 0 Å². The first-order valence-electron chi connectivity index (χ1n) is 5.64. The third kappa shape index (κ3) is 2.13. The van der Waals surface area contributed by atoms with Gasteiger partial charge in [-0.2, -0.15) is 5.26 Å². The van der Waals surface area contributed by atoms with Gasteiger partial charge in [0.05, 0.1) is 12.2 Å². The van der Waals surface area contributed by atoms with Gasteiger partial charge in [0, 0.05) is 12.3 Å². The molecule has 1 unspecified atom stereocenters. The zero-order valence-corrected chi connectivity index (χ0v) is 9.06. The predicted octanol–water partition coefficient (Wildman–Crippen LogP) is 2.42. The Bertz CT molecular complexity index is 337. The summed E-state index contributed by atoms with van der Waals surface area (Å²) in [5.74, 6) is 1.25. The molecule has 0 amide bonds. The standard InChI is InChI=1S/C13H17NO/c1-9-2-3-10(4-5-14)6-11-7-12(15)8-13(9)11/h2-3,6,9-10,12-13,15H,4,7-8H2,1H3/t9-,10-,12?,13-/m0/s1. The lowest BCUT2D eigenvalue weighted by Gasteiger charge is -2.15. The normalized spacial score (nSPS) is 39.1. The van der Waals surface area contributed by atoms with E-state index in [0.29, 0.717) is 18.3 Å². The molecule has 1 fully saturated rings. The molecule has 2 nitrogen and oxygen atoms in total. The van der Waals surface area contributed by atoms with Crippen molar-refractivity contribution in [2.75, 3.05) is 0 Å². The zero-order chi connectivity index (χ0) is 10.8. The van der Waals surface area contributed by atoms with Gasteiger partial charge >= 0.3 is 0 Å². The van der Waals surface area contributed by atoms with Crippen LogP contribution >= 0.6 is 0 Å². The molecule has 0 spiro atoms. The number of fused-ring (bicyclic) bond motifs is 1. The van der Waals surface area contributed by atoms with Crippen LogP contribution in [-0.4, -0.2) is 11.2 Å². The second kappa shape index (κ2) is 4.20. The lowest BCUT2D eigenvalue weighted by molar-refractivity contribution is 0.175. The van der Waals surface area contributed by atoms with Gasteiger partial charge in [0.2, 0.25) is 0 Å². The molecule has 0 saturated heterocycles. The molecule has 0 bridgehead atoms. The highest BCUT2D eigenvalue weighted by molar-refractivity contribution is 5.23. The van der Waals surface area contributed by atoms with E-state index in [0.717, 1.165) is 12.8 Å². The van der Waals surface area contributed by atoms with Gasteiger partial charge in [0.1, 0.15) is 0 Å². The van der Waals surface area contributed by atoms with Crippen LogP contribution in [0.25, 0.3) is 0 Å². The number of hydrogen-bond donors (Lipinski definition) is 1. The summed E-state index contributed by atoms with van der Waals surface area (Å²) in [5, 5.41) is 18.4. The van der Waals surface area contributed by atoms with Crippen LogP contribution in [0.5, 0.6) is 0 Å². The predicted molar refractivity (Wildman–Crippen MR) is 58.8 cm³/mol. The van der Waals surface area contributed by atoms with Gasteiger partial charge in [0.15, 0.2) is 0 Å². The van der Waals surface area contributed by atoms with E-state index in [2.05, 4.69) is 31.2 Å². The van der Waals surface area contributed by atoms with Crippen LogP contribution in [0.3, 0.4) is 0 Å². The molecule has 2 rings (SSSR count). The molecule has 80 valence electrons. The largest absolute Gasteiger partial charge is 0.393 e. The van der Waals surface area contributed by atoms with Crippen LogP contribution in [0.15, 0.2) is 23.8 Å². The lowest BCUT2D eigenvalue weighted by atomic mass is 9.90. The quantitative estimate of drug-likeness (QED) is 0.665. The molecule has 0 aromatic heterocycles. The van der Waals surface area contributed by atoms with Crippen molar-refractivity contribution in [1.29, 1.82) is 5.26 Å². The minimum atomic E-state index is -0.169. The van der Waals surface area contributed by atoms with Crippen LogP contribution in [0.2, 0.25) is 0 Å². The summed E-state index contributed by atoms with van der Waals surface area (Å²) >= 11 is 0. The van der Waals surface area contributed by atoms with Gasteiger partial charge < -0.3 is 5.11 Å². The summed E-state index contributed by atoms with van der Waals surface area (Å²) in [6.45, 7) is 2.20. The number of aliphatic hydroxyl groups excluding tert-OH is 1. The summed E-state index contributed by atoms with van der Waals surface area (Å²) in [7, 11) is 0. The highest BCUT2D eigenvalue weighted by atomic mass is 16.3. The van der Waals surface area contributed by atoms with Gasteiger partial charge in [-0.15, -0.1) is 0 Å². The van der Waals surface area contributed by atoms with Crippen LogP contribution in [0, 0.1) is 29.1 Å². The number of aliphatic hydroxyl groups is 1. The Kier molecular flexibility index (Phi) is 2.93. The monoisotopic (exact) mass is 203 g/mol. The Balaban J connectivity index is 2.22. The van der Waals surface area contributed by atoms with Gasteiger partial charge in [-0.1, -0.05) is 30.7 Å². The van der Waals surface area contributed by atoms with Crippen LogP contribution in [-0.2, 0) is 0 Å². The molecule has 0 aromatic carbocycles. The Hall–Kier alpha value is -1.07. The van der Waals surface area contributed by atoms with Crippen molar-refractivity contribution < 1.29 is 5.11 Å². The fraction of sp³-hybridized carbons (Fsp3) is 0.615. The molecule has 0 aliphatic heterocycles. The average Bonchev–Trinajstić information content (AvgIpc) is 2.49. The molecule has 0 heterocycles. The molecule has 2 aliphatic carbocycles. The number of nitrogens with zero attached hydrogens (tertiary/aromatic N) is 1. The van der Waals surface area contributed by atoms with E-state index >= 15 is 0 Å². The Morgan fingerprint density at radius 3 is 3.07 bits per heavy atom. The molecule has 0 radical (unpaired) electrons. The van der Waals surface area contributed by atoms with Gasteiger partial charge in [-0.25, -0.2) is 0 Å². The third-order valence-corrected chi connectivity index (χ3v) is 3.53. The highest BCUT2D eigenvalue weighted by Gasteiger charge is 2.32. The van der Waals surface area contributed by atoms with E-state index < -0.39 is 0 Å². The van der Waals surface area contributed by atoms with E-state index in [1.165, 1.54) is 5.57 Å². The maximum atomic E-state index is 9.66. The number of hydrogen-bond acceptors (Lipinski definition) is 2. The van der Waals surface area contributed by atoms with Gasteiger partial charge in [-0.05, 0) is 24.7 Å². The van der Waals surface area contributed by atoms with Gasteiger partial charge in [0.25, 0.3) is 0 Å². The van der Waals surface area contributed by atoms with Crippen molar-refractivity contribution in [2.45, 2.75) is 32.3 Å². The van der Waals surface area contributed by atoms with Crippen LogP contribution in [0.1, 0.15) is 26.2 Å². The average molecular weight is 203 g/mol. The first kappa shape index (κ1) is 10.4. The molecule has 0 aromatic rings. The van der Waals surface area contributed by atoms with Crippen molar-refractivity contribution in [3.05, 3.63) is 23.8 Å². The summed E-state index contributed by atoms with van der Waals surface area (Å²) in [6.07, 6.45) is 8.62. The molecule has 4 atom stereocenters. The van der Waals surface area contributed by atoms with Crippen molar-refractivity contribution in [2.24, 2.45) is 17.8 Å². The van der Waals surface area contributed by atoms with E-state index in [1.807, 2.05) is 0 Å². The van der Waals surface area contributed by atoms with Crippen molar-refractivity contribution >= 4 is 0 Å². The third-order valence-electron chi connectivity index (χ3n) is 3.53. The second-order valence-corrected chi connectivity index (χ2v) is 4.71. The van der Waals surface area contributed by atoms with E-state index in [4.69, 9.17) is 5.26 Å². The maximum Gasteiger partial charge on any atom is 0.0631 e. The van der Waals surface area contributed by atoms with E-state index in [9.17, 15) is 5.11 Å². The fourth-order valence-corrected chi connectivity index (χ4v) is 2.71. The summed E-state index contributed by atoms with van der Waals surface area (Å²) in [5.41, 5.74) is 1.36. The first-order valence-corrected chi connectivity index (χ1v) is 5.64. The highest BCUT2D eigenvalue weighted by Crippen LogP contribution is 2.40. The molecule has 1 saturated carbocycles. The van der Waals surface area contributed by atoms with E-state index in [-0.39, 0.29) is 12.0 Å². The van der Waals surface area contributed by atoms with Gasteiger partial charge in [-0.3, -0.25) is 0 Å². The second-order valence-electron chi connectivity index (χ2n) is 4.71. The summed E-state index contributed by atoms with van der Waals surface area (Å²) < 4.78 is 0. The van der Waals surface area contributed by atoms with E-state index in [1.54, 1.807) is 0 Å². The Labute approximate surface area is 90.9 Å². The molecule has 1 N–H and O–H groups in total. The molecular weight excluding hydrogens is 186 g/mol. The topological polar surface area (TPSA) is 44.0 Å². The maximum absolute atomic E-state index is 9.66. The molecule has 2 aliphatic rings. The Morgan fingerprint density at radius 2 is 2.33 bits per heavy atom. The van der Waals surface area contributed by atoms with Crippen LogP contribution in [0.4, 0.5) is 0 Å². The number of rotatable bonds is 1. The van der Waals surface area contributed by atoms with Crippen molar-refractivity contribution in [3.63, 3.8) is 0 Å². The lowest BCUT2D eigenvalue weighted by Crippen LogP contribution is -2.07. The molecular formula is C13H17NO.